The number of carbonyl (C=O) groups is 2. The summed E-state index contributed by atoms with van der Waals surface area (Å²) in [7, 11) is 1.31. The van der Waals surface area contributed by atoms with Gasteiger partial charge in [0.25, 0.3) is 0 Å². The fourth-order valence-electron chi connectivity index (χ4n) is 1.53. The van der Waals surface area contributed by atoms with Crippen molar-refractivity contribution in [2.24, 2.45) is 10.9 Å². The van der Waals surface area contributed by atoms with Crippen molar-refractivity contribution in [1.29, 1.82) is 0 Å². The van der Waals surface area contributed by atoms with E-state index in [1.165, 1.54) is 13.3 Å². The summed E-state index contributed by atoms with van der Waals surface area (Å²) >= 11 is 1.94. The molecule has 0 saturated carbocycles. The first kappa shape index (κ1) is 11.3. The van der Waals surface area contributed by atoms with Crippen molar-refractivity contribution in [2.75, 3.05) is 7.11 Å². The van der Waals surface area contributed by atoms with E-state index in [4.69, 9.17) is 0 Å². The lowest BCUT2D eigenvalue weighted by atomic mass is 9.89. The Hall–Kier alpha value is -1.24. The van der Waals surface area contributed by atoms with Gasteiger partial charge in [0.05, 0.1) is 27.9 Å². The third kappa shape index (κ3) is 1.87. The number of ketones is 1. The second kappa shape index (κ2) is 4.32. The van der Waals surface area contributed by atoms with Gasteiger partial charge >= 0.3 is 5.97 Å². The van der Waals surface area contributed by atoms with Gasteiger partial charge in [0.2, 0.25) is 0 Å². The number of halogens is 1. The van der Waals surface area contributed by atoms with Gasteiger partial charge in [-0.2, -0.15) is 0 Å². The average Bonchev–Trinajstić information content (AvgIpc) is 2.32. The molecular weight excluding hydrogens is 321 g/mol. The van der Waals surface area contributed by atoms with E-state index < -0.39 is 11.9 Å². The Balaban J connectivity index is 2.36. The van der Waals surface area contributed by atoms with Gasteiger partial charge in [-0.15, -0.1) is 0 Å². The van der Waals surface area contributed by atoms with Gasteiger partial charge in [0.1, 0.15) is 0 Å². The van der Waals surface area contributed by atoms with Crippen LogP contribution in [-0.2, 0) is 14.3 Å². The molecule has 2 aliphatic rings. The molecule has 5 heteroatoms. The van der Waals surface area contributed by atoms with Crippen LogP contribution in [0.5, 0.6) is 0 Å². The maximum atomic E-state index is 11.8. The van der Waals surface area contributed by atoms with E-state index in [2.05, 4.69) is 9.73 Å². The zero-order chi connectivity index (χ0) is 11.7. The van der Waals surface area contributed by atoms with Gasteiger partial charge in [-0.25, -0.2) is 4.79 Å². The van der Waals surface area contributed by atoms with Crippen LogP contribution in [-0.4, -0.2) is 24.6 Å². The van der Waals surface area contributed by atoms with Crippen LogP contribution in [0.25, 0.3) is 0 Å². The highest BCUT2D eigenvalue weighted by Gasteiger charge is 2.29. The van der Waals surface area contributed by atoms with Crippen LogP contribution in [0.1, 0.15) is 0 Å². The molecule has 1 aliphatic heterocycles. The number of carbonyl (C=O) groups excluding carboxylic acids is 2. The number of fused-ring (bicyclic) bond motifs is 1. The molecule has 0 bridgehead atoms. The van der Waals surface area contributed by atoms with E-state index in [0.717, 1.165) is 0 Å². The summed E-state index contributed by atoms with van der Waals surface area (Å²) in [6.45, 7) is 0. The van der Waals surface area contributed by atoms with Crippen molar-refractivity contribution in [3.05, 3.63) is 33.6 Å². The number of ether oxygens (including phenoxy) is 1. The normalized spacial score (nSPS) is 23.0. The van der Waals surface area contributed by atoms with Crippen LogP contribution in [0.3, 0.4) is 0 Å². The van der Waals surface area contributed by atoms with Crippen LogP contribution in [0.2, 0.25) is 0 Å². The maximum Gasteiger partial charge on any atom is 0.337 e. The Kier molecular flexibility index (Phi) is 3.04. The minimum Gasteiger partial charge on any atom is -0.465 e. The number of esters is 1. The molecule has 0 amide bonds. The molecule has 0 spiro atoms. The Morgan fingerprint density at radius 2 is 2.25 bits per heavy atom. The first-order chi connectivity index (χ1) is 7.63. The Labute approximate surface area is 106 Å². The fourth-order valence-corrected chi connectivity index (χ4v) is 2.00. The number of nitrogens with zero attached hydrogens (tertiary/aromatic N) is 1. The van der Waals surface area contributed by atoms with E-state index in [1.54, 1.807) is 18.2 Å². The molecule has 2 rings (SSSR count). The Morgan fingerprint density at radius 1 is 1.50 bits per heavy atom. The minimum absolute atomic E-state index is 0.0312. The van der Waals surface area contributed by atoms with Gasteiger partial charge < -0.3 is 4.74 Å². The van der Waals surface area contributed by atoms with E-state index in [1.807, 2.05) is 22.6 Å². The zero-order valence-electron chi connectivity index (χ0n) is 8.44. The monoisotopic (exact) mass is 329 g/mol. The molecule has 0 aromatic heterocycles. The maximum absolute atomic E-state index is 11.8. The second-order valence-electron chi connectivity index (χ2n) is 3.32. The smallest absolute Gasteiger partial charge is 0.337 e. The van der Waals surface area contributed by atoms with E-state index >= 15 is 0 Å². The Bertz CT molecular complexity index is 485. The second-order valence-corrected chi connectivity index (χ2v) is 4.48. The number of allylic oxidation sites excluding steroid dienone is 3. The van der Waals surface area contributed by atoms with Gasteiger partial charge in [-0.3, -0.25) is 9.79 Å². The highest BCUT2D eigenvalue weighted by Crippen LogP contribution is 2.26. The molecule has 1 heterocycles. The van der Waals surface area contributed by atoms with Crippen molar-refractivity contribution in [3.63, 3.8) is 0 Å². The molecular formula is C11H8INO3. The number of methoxy groups -OCH3 is 1. The van der Waals surface area contributed by atoms with E-state index in [0.29, 0.717) is 14.9 Å². The molecule has 1 unspecified atom stereocenters. The molecule has 0 fully saturated rings. The summed E-state index contributed by atoms with van der Waals surface area (Å²) < 4.78 is 5.18. The molecule has 4 nitrogen and oxygen atoms in total. The van der Waals surface area contributed by atoms with Crippen LogP contribution < -0.4 is 0 Å². The predicted octanol–water partition coefficient (Wildman–Crippen LogP) is 1.57. The van der Waals surface area contributed by atoms with Crippen LogP contribution in [0.15, 0.2) is 38.6 Å². The molecule has 1 aliphatic carbocycles. The number of aliphatic imine (C=N–C) groups is 1. The molecule has 0 aromatic rings. The van der Waals surface area contributed by atoms with Gasteiger partial charge in [-0.1, -0.05) is 6.08 Å². The number of hydrogen-bond donors (Lipinski definition) is 0. The van der Waals surface area contributed by atoms with Crippen molar-refractivity contribution in [3.8, 4) is 0 Å². The molecule has 0 N–H and O–H groups in total. The predicted molar refractivity (Wildman–Crippen MR) is 67.3 cm³/mol. The summed E-state index contributed by atoms with van der Waals surface area (Å²) in [6.07, 6.45) is 6.42. The highest BCUT2D eigenvalue weighted by atomic mass is 127. The number of Topliss-reactive ketones (excluding diaryl/α,β-unsaturated/α-hetero) is 1. The minimum atomic E-state index is -0.448. The quantitative estimate of drug-likeness (QED) is 0.542. The topological polar surface area (TPSA) is 55.7 Å². The number of hydrogen-bond acceptors (Lipinski definition) is 4. The average molecular weight is 329 g/mol. The van der Waals surface area contributed by atoms with Gasteiger partial charge in [-0.05, 0) is 34.7 Å². The fraction of sp³-hybridized carbons (Fsp3) is 0.182. The summed E-state index contributed by atoms with van der Waals surface area (Å²) in [5.41, 5.74) is 1.06. The summed E-state index contributed by atoms with van der Waals surface area (Å²) in [6, 6.07) is 0. The van der Waals surface area contributed by atoms with Crippen LogP contribution >= 0.6 is 22.6 Å². The third-order valence-electron chi connectivity index (χ3n) is 2.36. The SMILES string of the molecule is COC(=O)C1=CC2C(=O)C(I)=CN=C2C=C1. The Morgan fingerprint density at radius 3 is 2.94 bits per heavy atom. The van der Waals surface area contributed by atoms with E-state index in [-0.39, 0.29) is 5.78 Å². The highest BCUT2D eigenvalue weighted by molar-refractivity contribution is 14.1. The number of rotatable bonds is 1. The molecule has 0 aromatic carbocycles. The standard InChI is InChI=1S/C11H8INO3/c1-16-11(15)6-2-3-9-7(4-6)10(14)8(12)5-13-9/h2-5,7H,1H3. The lowest BCUT2D eigenvalue weighted by Crippen LogP contribution is -2.27. The molecule has 16 heavy (non-hydrogen) atoms. The lowest BCUT2D eigenvalue weighted by molar-refractivity contribution is -0.135. The molecule has 0 saturated heterocycles. The molecule has 1 atom stereocenters. The van der Waals surface area contributed by atoms with Gasteiger partial charge in [0, 0.05) is 6.20 Å². The largest absolute Gasteiger partial charge is 0.465 e. The van der Waals surface area contributed by atoms with Gasteiger partial charge in [0.15, 0.2) is 5.78 Å². The van der Waals surface area contributed by atoms with Crippen LogP contribution in [0, 0.1) is 5.92 Å². The van der Waals surface area contributed by atoms with Crippen molar-refractivity contribution in [2.45, 2.75) is 0 Å². The van der Waals surface area contributed by atoms with Crippen molar-refractivity contribution < 1.29 is 14.3 Å². The lowest BCUT2D eigenvalue weighted by Gasteiger charge is -2.19. The van der Waals surface area contributed by atoms with Crippen LogP contribution in [0.4, 0.5) is 0 Å². The van der Waals surface area contributed by atoms with E-state index in [9.17, 15) is 9.59 Å². The first-order valence-corrected chi connectivity index (χ1v) is 5.67. The zero-order valence-corrected chi connectivity index (χ0v) is 10.6. The summed E-state index contributed by atoms with van der Waals surface area (Å²) in [4.78, 5) is 27.3. The van der Waals surface area contributed by atoms with Crippen molar-refractivity contribution in [1.82, 2.24) is 0 Å². The van der Waals surface area contributed by atoms with Crippen molar-refractivity contribution >= 4 is 40.1 Å². The molecule has 82 valence electrons. The molecule has 0 radical (unpaired) electrons. The summed E-state index contributed by atoms with van der Waals surface area (Å²) in [5.74, 6) is -0.917. The summed E-state index contributed by atoms with van der Waals surface area (Å²) in [5, 5.41) is 0. The third-order valence-corrected chi connectivity index (χ3v) is 3.17. The first-order valence-electron chi connectivity index (χ1n) is 4.59.